The molecule has 0 unspecified atom stereocenters. The average Bonchev–Trinajstić information content (AvgIpc) is 2.19. The summed E-state index contributed by atoms with van der Waals surface area (Å²) in [5.74, 6) is 0. The van der Waals surface area contributed by atoms with Gasteiger partial charge in [-0.2, -0.15) is 0 Å². The summed E-state index contributed by atoms with van der Waals surface area (Å²) in [5, 5.41) is 0.204. The number of carbonyl (C=O) groups excluding carboxylic acids is 1. The highest BCUT2D eigenvalue weighted by Gasteiger charge is 2.39. The molecule has 0 spiro atoms. The third-order valence-corrected chi connectivity index (χ3v) is 4.99. The lowest BCUT2D eigenvalue weighted by atomic mass is 9.80. The van der Waals surface area contributed by atoms with Crippen molar-refractivity contribution in [3.05, 3.63) is 12.2 Å². The zero-order chi connectivity index (χ0) is 12.0. The number of rotatable bonds is 7. The predicted octanol–water partition coefficient (Wildman–Crippen LogP) is 4.72. The van der Waals surface area contributed by atoms with E-state index in [9.17, 15) is 4.79 Å². The SMILES string of the molecule is C=C(C)C(=O)SC1(CCCCCC)CCC1. The highest BCUT2D eigenvalue weighted by molar-refractivity contribution is 8.15. The highest BCUT2D eigenvalue weighted by Crippen LogP contribution is 2.48. The largest absolute Gasteiger partial charge is 0.282 e. The number of carbonyl (C=O) groups is 1. The van der Waals surface area contributed by atoms with Crippen LogP contribution in [0.25, 0.3) is 0 Å². The fraction of sp³-hybridized carbons (Fsp3) is 0.786. The molecular weight excluding hydrogens is 216 g/mol. The first-order valence-corrected chi connectivity index (χ1v) is 7.30. The Labute approximate surface area is 104 Å². The third-order valence-electron chi connectivity index (χ3n) is 3.41. The third kappa shape index (κ3) is 3.97. The van der Waals surface area contributed by atoms with Crippen LogP contribution in [-0.4, -0.2) is 9.86 Å². The minimum Gasteiger partial charge on any atom is -0.282 e. The van der Waals surface area contributed by atoms with Gasteiger partial charge >= 0.3 is 0 Å². The van der Waals surface area contributed by atoms with Gasteiger partial charge in [-0.15, -0.1) is 0 Å². The summed E-state index contributed by atoms with van der Waals surface area (Å²) >= 11 is 1.56. The Kier molecular flexibility index (Phi) is 5.60. The van der Waals surface area contributed by atoms with Crippen LogP contribution in [0.2, 0.25) is 0 Å². The van der Waals surface area contributed by atoms with E-state index in [1.54, 1.807) is 11.8 Å². The van der Waals surface area contributed by atoms with Crippen LogP contribution in [0.1, 0.15) is 65.2 Å². The molecule has 92 valence electrons. The molecule has 1 rings (SSSR count). The van der Waals surface area contributed by atoms with Gasteiger partial charge in [0, 0.05) is 4.75 Å². The summed E-state index contributed by atoms with van der Waals surface area (Å²) < 4.78 is 0.282. The fourth-order valence-electron chi connectivity index (χ4n) is 2.13. The molecule has 0 atom stereocenters. The van der Waals surface area contributed by atoms with Gasteiger partial charge in [-0.3, -0.25) is 4.79 Å². The summed E-state index contributed by atoms with van der Waals surface area (Å²) in [6.07, 6.45) is 10.2. The van der Waals surface area contributed by atoms with E-state index in [2.05, 4.69) is 13.5 Å². The normalized spacial score (nSPS) is 17.9. The number of hydrogen-bond acceptors (Lipinski definition) is 2. The molecule has 0 saturated heterocycles. The Morgan fingerprint density at radius 2 is 2.00 bits per heavy atom. The van der Waals surface area contributed by atoms with Gasteiger partial charge in [0.2, 0.25) is 5.12 Å². The molecule has 0 amide bonds. The van der Waals surface area contributed by atoms with Crippen molar-refractivity contribution >= 4 is 16.9 Å². The van der Waals surface area contributed by atoms with Crippen molar-refractivity contribution in [2.24, 2.45) is 0 Å². The van der Waals surface area contributed by atoms with Gasteiger partial charge in [0.05, 0.1) is 0 Å². The zero-order valence-electron chi connectivity index (χ0n) is 10.7. The Bertz CT molecular complexity index is 253. The van der Waals surface area contributed by atoms with Crippen molar-refractivity contribution < 1.29 is 4.79 Å². The maximum absolute atomic E-state index is 11.7. The maximum atomic E-state index is 11.7. The molecular formula is C14H24OS. The molecule has 1 nitrogen and oxygen atoms in total. The van der Waals surface area contributed by atoms with Crippen LogP contribution in [0.5, 0.6) is 0 Å². The van der Waals surface area contributed by atoms with Crippen molar-refractivity contribution in [3.63, 3.8) is 0 Å². The van der Waals surface area contributed by atoms with E-state index in [0.29, 0.717) is 5.57 Å². The van der Waals surface area contributed by atoms with E-state index < -0.39 is 0 Å². The second-order valence-electron chi connectivity index (χ2n) is 5.02. The Morgan fingerprint density at radius 3 is 2.44 bits per heavy atom. The van der Waals surface area contributed by atoms with Gasteiger partial charge in [0.15, 0.2) is 0 Å². The molecule has 1 saturated carbocycles. The van der Waals surface area contributed by atoms with Crippen molar-refractivity contribution in [2.45, 2.75) is 70.0 Å². The van der Waals surface area contributed by atoms with Crippen molar-refractivity contribution in [1.29, 1.82) is 0 Å². The topological polar surface area (TPSA) is 17.1 Å². The van der Waals surface area contributed by atoms with E-state index in [-0.39, 0.29) is 9.86 Å². The first kappa shape index (κ1) is 13.8. The van der Waals surface area contributed by atoms with Gasteiger partial charge in [-0.25, -0.2) is 0 Å². The van der Waals surface area contributed by atoms with E-state index in [1.807, 2.05) is 6.92 Å². The van der Waals surface area contributed by atoms with Crippen LogP contribution < -0.4 is 0 Å². The first-order chi connectivity index (χ1) is 7.59. The van der Waals surface area contributed by atoms with Gasteiger partial charge < -0.3 is 0 Å². The van der Waals surface area contributed by atoms with Crippen LogP contribution in [0.15, 0.2) is 12.2 Å². The molecule has 0 bridgehead atoms. The lowest BCUT2D eigenvalue weighted by Gasteiger charge is -2.40. The van der Waals surface area contributed by atoms with Crippen LogP contribution in [0.3, 0.4) is 0 Å². The molecule has 0 aromatic heterocycles. The lowest BCUT2D eigenvalue weighted by Crippen LogP contribution is -2.34. The summed E-state index contributed by atoms with van der Waals surface area (Å²) in [5.41, 5.74) is 0.699. The summed E-state index contributed by atoms with van der Waals surface area (Å²) in [4.78, 5) is 11.7. The highest BCUT2D eigenvalue weighted by atomic mass is 32.2. The molecule has 0 radical (unpaired) electrons. The standard InChI is InChI=1S/C14H24OS/c1-4-5-6-7-9-14(10-8-11-14)16-13(15)12(2)3/h2,4-11H2,1,3H3. The summed E-state index contributed by atoms with van der Waals surface area (Å²) in [6.45, 7) is 7.79. The van der Waals surface area contributed by atoms with E-state index in [1.165, 1.54) is 51.4 Å². The van der Waals surface area contributed by atoms with Gasteiger partial charge in [-0.1, -0.05) is 57.4 Å². The monoisotopic (exact) mass is 240 g/mol. The summed E-state index contributed by atoms with van der Waals surface area (Å²) in [7, 11) is 0. The zero-order valence-corrected chi connectivity index (χ0v) is 11.5. The second kappa shape index (κ2) is 6.48. The Hall–Kier alpha value is -0.240. The van der Waals surface area contributed by atoms with Crippen molar-refractivity contribution in [1.82, 2.24) is 0 Å². The molecule has 2 heteroatoms. The lowest BCUT2D eigenvalue weighted by molar-refractivity contribution is -0.107. The smallest absolute Gasteiger partial charge is 0.214 e. The minimum absolute atomic E-state index is 0.204. The van der Waals surface area contributed by atoms with Crippen molar-refractivity contribution in [3.8, 4) is 0 Å². The van der Waals surface area contributed by atoms with Gasteiger partial charge in [0.25, 0.3) is 0 Å². The van der Waals surface area contributed by atoms with Gasteiger partial charge in [0.1, 0.15) is 0 Å². The van der Waals surface area contributed by atoms with Crippen LogP contribution in [0.4, 0.5) is 0 Å². The number of hydrogen-bond donors (Lipinski definition) is 0. The molecule has 1 aliphatic carbocycles. The molecule has 1 aliphatic rings. The predicted molar refractivity (Wildman–Crippen MR) is 72.8 cm³/mol. The van der Waals surface area contributed by atoms with Crippen LogP contribution >= 0.6 is 11.8 Å². The fourth-order valence-corrected chi connectivity index (χ4v) is 3.44. The molecule has 0 heterocycles. The van der Waals surface area contributed by atoms with E-state index >= 15 is 0 Å². The summed E-state index contributed by atoms with van der Waals surface area (Å²) in [6, 6.07) is 0. The molecule has 0 N–H and O–H groups in total. The second-order valence-corrected chi connectivity index (χ2v) is 6.46. The molecule has 0 aliphatic heterocycles. The Balaban J connectivity index is 2.32. The maximum Gasteiger partial charge on any atom is 0.214 e. The first-order valence-electron chi connectivity index (χ1n) is 6.48. The minimum atomic E-state index is 0.204. The van der Waals surface area contributed by atoms with E-state index in [4.69, 9.17) is 0 Å². The number of unbranched alkanes of at least 4 members (excludes halogenated alkanes) is 3. The van der Waals surface area contributed by atoms with Gasteiger partial charge in [-0.05, 0) is 31.8 Å². The number of thioether (sulfide) groups is 1. The van der Waals surface area contributed by atoms with Crippen LogP contribution in [0, 0.1) is 0 Å². The average molecular weight is 240 g/mol. The van der Waals surface area contributed by atoms with Crippen molar-refractivity contribution in [2.75, 3.05) is 0 Å². The molecule has 0 aromatic carbocycles. The quantitative estimate of drug-likeness (QED) is 0.473. The van der Waals surface area contributed by atoms with Crippen LogP contribution in [-0.2, 0) is 4.79 Å². The molecule has 16 heavy (non-hydrogen) atoms. The van der Waals surface area contributed by atoms with E-state index in [0.717, 1.165) is 0 Å². The molecule has 1 fully saturated rings. The molecule has 0 aromatic rings. The Morgan fingerprint density at radius 1 is 1.31 bits per heavy atom.